The Bertz CT molecular complexity index is 717. The first-order valence-electron chi connectivity index (χ1n) is 8.90. The molecule has 1 aliphatic rings. The van der Waals surface area contributed by atoms with Crippen LogP contribution < -0.4 is 10.1 Å². The molecule has 1 N–H and O–H groups in total. The van der Waals surface area contributed by atoms with E-state index >= 15 is 0 Å². The van der Waals surface area contributed by atoms with Crippen molar-refractivity contribution in [2.24, 2.45) is 5.92 Å². The van der Waals surface area contributed by atoms with Crippen LogP contribution in [0, 0.1) is 5.92 Å². The Morgan fingerprint density at radius 2 is 1.88 bits per heavy atom. The predicted octanol–water partition coefficient (Wildman–Crippen LogP) is 5.08. The summed E-state index contributed by atoms with van der Waals surface area (Å²) in [5.41, 5.74) is 2.12. The zero-order valence-electron chi connectivity index (χ0n) is 14.5. The van der Waals surface area contributed by atoms with E-state index < -0.39 is 0 Å². The highest BCUT2D eigenvalue weighted by Gasteiger charge is 2.22. The van der Waals surface area contributed by atoms with Crippen LogP contribution in [0.4, 0.5) is 0 Å². The van der Waals surface area contributed by atoms with Gasteiger partial charge in [-0.25, -0.2) is 0 Å². The summed E-state index contributed by atoms with van der Waals surface area (Å²) in [4.78, 5) is 12.2. The minimum atomic E-state index is -0.0815. The fraction of sp³-hybridized carbons (Fsp3) is 0.381. The molecular formula is C21H24ClNO2. The molecule has 0 aromatic heterocycles. The third-order valence-electron chi connectivity index (χ3n) is 4.86. The quantitative estimate of drug-likeness (QED) is 0.810. The van der Waals surface area contributed by atoms with Gasteiger partial charge in [0.2, 0.25) is 0 Å². The molecule has 3 nitrogen and oxygen atoms in total. The van der Waals surface area contributed by atoms with Gasteiger partial charge in [-0.15, -0.1) is 0 Å². The van der Waals surface area contributed by atoms with Crippen LogP contribution in [0.1, 0.15) is 32.6 Å². The van der Waals surface area contributed by atoms with E-state index in [4.69, 9.17) is 16.3 Å². The van der Waals surface area contributed by atoms with E-state index in [2.05, 4.69) is 12.2 Å². The molecule has 0 bridgehead atoms. The van der Waals surface area contributed by atoms with Gasteiger partial charge in [-0.1, -0.05) is 67.8 Å². The first-order valence-corrected chi connectivity index (χ1v) is 9.28. The summed E-state index contributed by atoms with van der Waals surface area (Å²) in [5, 5.41) is 3.60. The highest BCUT2D eigenvalue weighted by atomic mass is 35.5. The second-order valence-corrected chi connectivity index (χ2v) is 7.14. The highest BCUT2D eigenvalue weighted by Crippen LogP contribution is 2.30. The normalized spacial score (nSPS) is 20.1. The third-order valence-corrected chi connectivity index (χ3v) is 5.15. The first-order chi connectivity index (χ1) is 12.1. The van der Waals surface area contributed by atoms with Gasteiger partial charge in [-0.05, 0) is 42.0 Å². The molecule has 1 aliphatic carbocycles. The van der Waals surface area contributed by atoms with Gasteiger partial charge in [0.15, 0.2) is 6.61 Å². The largest absolute Gasteiger partial charge is 0.482 e. The van der Waals surface area contributed by atoms with Gasteiger partial charge in [-0.3, -0.25) is 4.79 Å². The summed E-state index contributed by atoms with van der Waals surface area (Å²) in [6.45, 7) is 2.19. The Morgan fingerprint density at radius 1 is 1.12 bits per heavy atom. The molecule has 1 fully saturated rings. The maximum absolute atomic E-state index is 12.2. The van der Waals surface area contributed by atoms with E-state index in [0.717, 1.165) is 17.5 Å². The number of hydrogen-bond acceptors (Lipinski definition) is 2. The molecule has 1 amide bonds. The lowest BCUT2D eigenvalue weighted by Gasteiger charge is -2.29. The molecule has 1 saturated carbocycles. The van der Waals surface area contributed by atoms with Gasteiger partial charge in [0, 0.05) is 6.04 Å². The molecule has 4 heteroatoms. The molecule has 2 aromatic rings. The van der Waals surface area contributed by atoms with Crippen LogP contribution in [-0.2, 0) is 4.79 Å². The second-order valence-electron chi connectivity index (χ2n) is 6.74. The van der Waals surface area contributed by atoms with Crippen LogP contribution >= 0.6 is 11.6 Å². The molecule has 0 heterocycles. The maximum Gasteiger partial charge on any atom is 0.258 e. The molecule has 0 unspecified atom stereocenters. The number of carbonyl (C=O) groups excluding carboxylic acids is 1. The molecule has 132 valence electrons. The minimum Gasteiger partial charge on any atom is -0.482 e. The summed E-state index contributed by atoms with van der Waals surface area (Å²) in [6, 6.07) is 15.9. The minimum absolute atomic E-state index is 0.00633. The molecular weight excluding hydrogens is 334 g/mol. The van der Waals surface area contributed by atoms with Crippen molar-refractivity contribution in [2.75, 3.05) is 6.61 Å². The number of benzene rings is 2. The number of amides is 1. The van der Waals surface area contributed by atoms with Crippen LogP contribution in [0.2, 0.25) is 5.02 Å². The van der Waals surface area contributed by atoms with Crippen molar-refractivity contribution in [3.8, 4) is 16.9 Å². The van der Waals surface area contributed by atoms with Crippen molar-refractivity contribution in [3.05, 3.63) is 53.6 Å². The van der Waals surface area contributed by atoms with Crippen molar-refractivity contribution in [1.82, 2.24) is 5.32 Å². The fourth-order valence-electron chi connectivity index (χ4n) is 3.35. The van der Waals surface area contributed by atoms with Crippen LogP contribution in [0.15, 0.2) is 48.5 Å². The van der Waals surface area contributed by atoms with Crippen LogP contribution in [0.3, 0.4) is 0 Å². The van der Waals surface area contributed by atoms with E-state index in [9.17, 15) is 4.79 Å². The van der Waals surface area contributed by atoms with E-state index in [0.29, 0.717) is 16.7 Å². The zero-order valence-corrected chi connectivity index (χ0v) is 15.3. The zero-order chi connectivity index (χ0) is 17.6. The van der Waals surface area contributed by atoms with E-state index in [1.54, 1.807) is 0 Å². The maximum atomic E-state index is 12.2. The molecule has 2 aromatic carbocycles. The van der Waals surface area contributed by atoms with Crippen molar-refractivity contribution in [2.45, 2.75) is 38.6 Å². The summed E-state index contributed by atoms with van der Waals surface area (Å²) in [7, 11) is 0. The smallest absolute Gasteiger partial charge is 0.258 e. The number of nitrogens with one attached hydrogen (secondary N) is 1. The summed E-state index contributed by atoms with van der Waals surface area (Å²) in [6.07, 6.45) is 4.67. The Balaban J connectivity index is 1.57. The summed E-state index contributed by atoms with van der Waals surface area (Å²) in [5.74, 6) is 0.988. The lowest BCUT2D eigenvalue weighted by atomic mass is 9.86. The monoisotopic (exact) mass is 357 g/mol. The molecule has 0 radical (unpaired) electrons. The summed E-state index contributed by atoms with van der Waals surface area (Å²) < 4.78 is 5.62. The van der Waals surface area contributed by atoms with Crippen LogP contribution in [0.5, 0.6) is 5.75 Å². The highest BCUT2D eigenvalue weighted by molar-refractivity contribution is 6.32. The molecule has 0 aliphatic heterocycles. The number of ether oxygens (including phenoxy) is 1. The second kappa shape index (κ2) is 8.39. The van der Waals surface area contributed by atoms with Crippen molar-refractivity contribution >= 4 is 17.5 Å². The Kier molecular flexibility index (Phi) is 5.98. The summed E-state index contributed by atoms with van der Waals surface area (Å²) >= 11 is 6.32. The van der Waals surface area contributed by atoms with Gasteiger partial charge in [0.25, 0.3) is 5.91 Å². The fourth-order valence-corrected chi connectivity index (χ4v) is 3.59. The first kappa shape index (κ1) is 17.8. The molecule has 0 saturated heterocycles. The Hall–Kier alpha value is -2.00. The predicted molar refractivity (Wildman–Crippen MR) is 102 cm³/mol. The van der Waals surface area contributed by atoms with Gasteiger partial charge >= 0.3 is 0 Å². The van der Waals surface area contributed by atoms with Crippen molar-refractivity contribution < 1.29 is 9.53 Å². The van der Waals surface area contributed by atoms with Gasteiger partial charge < -0.3 is 10.1 Å². The standard InChI is InChI=1S/C21H24ClNO2/c1-15-7-5-6-10-19(15)23-21(24)14-25-20-12-11-17(13-18(20)22)16-8-3-2-4-9-16/h2-4,8-9,11-13,15,19H,5-7,10,14H2,1H3,(H,23,24)/t15-,19+/m0/s1. The Labute approximate surface area is 154 Å². The molecule has 3 rings (SSSR count). The number of carbonyl (C=O) groups is 1. The van der Waals surface area contributed by atoms with E-state index in [1.165, 1.54) is 19.3 Å². The molecule has 2 atom stereocenters. The Morgan fingerprint density at radius 3 is 2.60 bits per heavy atom. The van der Waals surface area contributed by atoms with Crippen molar-refractivity contribution in [1.29, 1.82) is 0 Å². The SMILES string of the molecule is C[C@H]1CCCC[C@H]1NC(=O)COc1ccc(-c2ccccc2)cc1Cl. The molecule has 25 heavy (non-hydrogen) atoms. The lowest BCUT2D eigenvalue weighted by molar-refractivity contribution is -0.124. The van der Waals surface area contributed by atoms with Gasteiger partial charge in [-0.2, -0.15) is 0 Å². The average molecular weight is 358 g/mol. The van der Waals surface area contributed by atoms with Crippen molar-refractivity contribution in [3.63, 3.8) is 0 Å². The lowest BCUT2D eigenvalue weighted by Crippen LogP contribution is -2.43. The van der Waals surface area contributed by atoms with E-state index in [1.807, 2.05) is 48.5 Å². The third kappa shape index (κ3) is 4.76. The van der Waals surface area contributed by atoms with Crippen LogP contribution in [0.25, 0.3) is 11.1 Å². The van der Waals surface area contributed by atoms with E-state index in [-0.39, 0.29) is 18.6 Å². The molecule has 0 spiro atoms. The average Bonchev–Trinajstić information content (AvgIpc) is 2.63. The number of rotatable bonds is 5. The van der Waals surface area contributed by atoms with Crippen LogP contribution in [-0.4, -0.2) is 18.6 Å². The number of hydrogen-bond donors (Lipinski definition) is 1. The van der Waals surface area contributed by atoms with Gasteiger partial charge in [0.05, 0.1) is 5.02 Å². The number of halogens is 1. The van der Waals surface area contributed by atoms with Gasteiger partial charge in [0.1, 0.15) is 5.75 Å². The topological polar surface area (TPSA) is 38.3 Å².